The SMILES string of the molecule is COc1ccc2oc(C(=O)Nc3nnc(C(C)C)s3)c(C)c2c1. The smallest absolute Gasteiger partial charge is 0.293 e. The molecule has 0 saturated carbocycles. The Morgan fingerprint density at radius 2 is 2.13 bits per heavy atom. The van der Waals surface area contributed by atoms with Gasteiger partial charge in [0, 0.05) is 16.9 Å². The number of amides is 1. The first kappa shape index (κ1) is 15.5. The molecule has 0 bridgehead atoms. The number of carbonyl (C=O) groups excluding carboxylic acids is 1. The van der Waals surface area contributed by atoms with E-state index in [1.54, 1.807) is 19.2 Å². The van der Waals surface area contributed by atoms with Crippen LogP contribution in [0.25, 0.3) is 11.0 Å². The van der Waals surface area contributed by atoms with Gasteiger partial charge >= 0.3 is 0 Å². The molecule has 6 nitrogen and oxygen atoms in total. The lowest BCUT2D eigenvalue weighted by Crippen LogP contribution is -2.11. The van der Waals surface area contributed by atoms with Crippen molar-refractivity contribution in [2.24, 2.45) is 0 Å². The molecule has 0 spiro atoms. The Morgan fingerprint density at radius 1 is 1.35 bits per heavy atom. The van der Waals surface area contributed by atoms with Crippen LogP contribution in [-0.4, -0.2) is 23.2 Å². The van der Waals surface area contributed by atoms with Crippen LogP contribution < -0.4 is 10.1 Å². The molecule has 23 heavy (non-hydrogen) atoms. The largest absolute Gasteiger partial charge is 0.497 e. The fourth-order valence-corrected chi connectivity index (χ4v) is 2.96. The van der Waals surface area contributed by atoms with Crippen LogP contribution in [0.15, 0.2) is 22.6 Å². The number of fused-ring (bicyclic) bond motifs is 1. The molecule has 0 aliphatic rings. The number of aromatic nitrogens is 2. The number of methoxy groups -OCH3 is 1. The maximum Gasteiger partial charge on any atom is 0.293 e. The Labute approximate surface area is 137 Å². The fraction of sp³-hybridized carbons (Fsp3) is 0.312. The predicted molar refractivity (Wildman–Crippen MR) is 89.5 cm³/mol. The molecule has 0 fully saturated rings. The summed E-state index contributed by atoms with van der Waals surface area (Å²) < 4.78 is 10.9. The fourth-order valence-electron chi connectivity index (χ4n) is 2.22. The molecule has 0 unspecified atom stereocenters. The van der Waals surface area contributed by atoms with Gasteiger partial charge in [-0.15, -0.1) is 10.2 Å². The lowest BCUT2D eigenvalue weighted by molar-refractivity contribution is 0.0998. The maximum atomic E-state index is 12.4. The summed E-state index contributed by atoms with van der Waals surface area (Å²) in [6.45, 7) is 5.91. The average Bonchev–Trinajstić information content (AvgIpc) is 3.12. The number of hydrogen-bond acceptors (Lipinski definition) is 6. The van der Waals surface area contributed by atoms with E-state index in [1.165, 1.54) is 11.3 Å². The van der Waals surface area contributed by atoms with E-state index in [-0.39, 0.29) is 17.6 Å². The van der Waals surface area contributed by atoms with Crippen molar-refractivity contribution in [1.82, 2.24) is 10.2 Å². The molecule has 1 amide bonds. The Bertz CT molecular complexity index is 867. The van der Waals surface area contributed by atoms with Crippen LogP contribution in [-0.2, 0) is 0 Å². The molecule has 1 N–H and O–H groups in total. The second kappa shape index (κ2) is 6.00. The summed E-state index contributed by atoms with van der Waals surface area (Å²) in [5.41, 5.74) is 1.42. The third kappa shape index (κ3) is 2.92. The second-order valence-corrected chi connectivity index (χ2v) is 6.48. The van der Waals surface area contributed by atoms with Crippen molar-refractivity contribution in [2.45, 2.75) is 26.7 Å². The number of nitrogens with zero attached hydrogens (tertiary/aromatic N) is 2. The van der Waals surface area contributed by atoms with Crippen molar-refractivity contribution >= 4 is 33.3 Å². The van der Waals surface area contributed by atoms with Crippen molar-refractivity contribution < 1.29 is 13.9 Å². The summed E-state index contributed by atoms with van der Waals surface area (Å²) in [5.74, 6) is 0.941. The van der Waals surface area contributed by atoms with Crippen molar-refractivity contribution in [2.75, 3.05) is 12.4 Å². The van der Waals surface area contributed by atoms with Crippen molar-refractivity contribution in [1.29, 1.82) is 0 Å². The number of carbonyl (C=O) groups is 1. The van der Waals surface area contributed by atoms with Gasteiger partial charge in [0.2, 0.25) is 5.13 Å². The Balaban J connectivity index is 1.89. The average molecular weight is 331 g/mol. The van der Waals surface area contributed by atoms with E-state index in [1.807, 2.05) is 26.8 Å². The number of ether oxygens (including phenoxy) is 1. The lowest BCUT2D eigenvalue weighted by Gasteiger charge is -1.99. The number of rotatable bonds is 4. The topological polar surface area (TPSA) is 77.2 Å². The first-order chi connectivity index (χ1) is 11.0. The minimum atomic E-state index is -0.330. The molecule has 120 valence electrons. The third-order valence-electron chi connectivity index (χ3n) is 3.50. The first-order valence-electron chi connectivity index (χ1n) is 7.21. The van der Waals surface area contributed by atoms with Gasteiger partial charge in [0.1, 0.15) is 16.3 Å². The lowest BCUT2D eigenvalue weighted by atomic mass is 10.1. The van der Waals surface area contributed by atoms with E-state index < -0.39 is 0 Å². The summed E-state index contributed by atoms with van der Waals surface area (Å²) in [4.78, 5) is 12.4. The van der Waals surface area contributed by atoms with Crippen molar-refractivity contribution in [3.05, 3.63) is 34.5 Å². The van der Waals surface area contributed by atoms with E-state index in [2.05, 4.69) is 15.5 Å². The highest BCUT2D eigenvalue weighted by Gasteiger charge is 2.20. The second-order valence-electron chi connectivity index (χ2n) is 5.47. The van der Waals surface area contributed by atoms with Crippen LogP contribution in [0.2, 0.25) is 0 Å². The van der Waals surface area contributed by atoms with Gasteiger partial charge in [-0.2, -0.15) is 0 Å². The highest BCUT2D eigenvalue weighted by molar-refractivity contribution is 7.15. The highest BCUT2D eigenvalue weighted by atomic mass is 32.1. The Kier molecular flexibility index (Phi) is 4.04. The summed E-state index contributed by atoms with van der Waals surface area (Å²) in [5, 5.41) is 13.0. The van der Waals surface area contributed by atoms with Crippen LogP contribution in [0, 0.1) is 6.92 Å². The van der Waals surface area contributed by atoms with Crippen LogP contribution >= 0.6 is 11.3 Å². The molecule has 0 atom stereocenters. The summed E-state index contributed by atoms with van der Waals surface area (Å²) in [6, 6.07) is 5.44. The molecule has 2 aromatic heterocycles. The molecule has 0 saturated heterocycles. The van der Waals surface area contributed by atoms with Crippen LogP contribution in [0.4, 0.5) is 5.13 Å². The number of nitrogens with one attached hydrogen (secondary N) is 1. The zero-order chi connectivity index (χ0) is 16.6. The number of benzene rings is 1. The van der Waals surface area contributed by atoms with E-state index >= 15 is 0 Å². The Morgan fingerprint density at radius 3 is 2.78 bits per heavy atom. The monoisotopic (exact) mass is 331 g/mol. The van der Waals surface area contributed by atoms with Gasteiger partial charge in [-0.1, -0.05) is 25.2 Å². The molecule has 0 radical (unpaired) electrons. The Hall–Kier alpha value is -2.41. The van der Waals surface area contributed by atoms with Crippen molar-refractivity contribution in [3.63, 3.8) is 0 Å². The number of hydrogen-bond donors (Lipinski definition) is 1. The van der Waals surface area contributed by atoms with Gasteiger partial charge in [-0.05, 0) is 25.1 Å². The molecule has 2 heterocycles. The maximum absolute atomic E-state index is 12.4. The number of furan rings is 1. The zero-order valence-electron chi connectivity index (χ0n) is 13.3. The van der Waals surface area contributed by atoms with Crippen molar-refractivity contribution in [3.8, 4) is 5.75 Å². The molecule has 0 aliphatic heterocycles. The molecular formula is C16H17N3O3S. The van der Waals surface area contributed by atoms with Gasteiger partial charge in [-0.25, -0.2) is 0 Å². The minimum Gasteiger partial charge on any atom is -0.497 e. The molecular weight excluding hydrogens is 314 g/mol. The quantitative estimate of drug-likeness (QED) is 0.782. The van der Waals surface area contributed by atoms with E-state index in [0.29, 0.717) is 10.7 Å². The van der Waals surface area contributed by atoms with Crippen LogP contribution in [0.3, 0.4) is 0 Å². The molecule has 3 aromatic rings. The predicted octanol–water partition coefficient (Wildman–Crippen LogP) is 3.98. The molecule has 3 rings (SSSR count). The molecule has 0 aliphatic carbocycles. The summed E-state index contributed by atoms with van der Waals surface area (Å²) in [6.07, 6.45) is 0. The summed E-state index contributed by atoms with van der Waals surface area (Å²) >= 11 is 1.37. The summed E-state index contributed by atoms with van der Waals surface area (Å²) in [7, 11) is 1.60. The van der Waals surface area contributed by atoms with Gasteiger partial charge < -0.3 is 9.15 Å². The highest BCUT2D eigenvalue weighted by Crippen LogP contribution is 2.30. The number of anilines is 1. The standard InChI is InChI=1S/C16H17N3O3S/c1-8(2)15-18-19-16(23-15)17-14(20)13-9(3)11-7-10(21-4)5-6-12(11)22-13/h5-8H,1-4H3,(H,17,19,20). The van der Waals surface area contributed by atoms with Crippen LogP contribution in [0.1, 0.15) is 40.9 Å². The minimum absolute atomic E-state index is 0.273. The van der Waals surface area contributed by atoms with E-state index in [4.69, 9.17) is 9.15 Å². The van der Waals surface area contributed by atoms with Gasteiger partial charge in [0.25, 0.3) is 5.91 Å². The van der Waals surface area contributed by atoms with E-state index in [9.17, 15) is 4.79 Å². The molecule has 1 aromatic carbocycles. The van der Waals surface area contributed by atoms with Gasteiger partial charge in [0.15, 0.2) is 5.76 Å². The molecule has 7 heteroatoms. The first-order valence-corrected chi connectivity index (χ1v) is 8.03. The zero-order valence-corrected chi connectivity index (χ0v) is 14.2. The normalized spacial score (nSPS) is 11.2. The van der Waals surface area contributed by atoms with Gasteiger partial charge in [-0.3, -0.25) is 10.1 Å². The third-order valence-corrected chi connectivity index (χ3v) is 4.64. The van der Waals surface area contributed by atoms with Crippen LogP contribution in [0.5, 0.6) is 5.75 Å². The van der Waals surface area contributed by atoms with Gasteiger partial charge in [0.05, 0.1) is 7.11 Å². The number of aryl methyl sites for hydroxylation is 1. The van der Waals surface area contributed by atoms with E-state index in [0.717, 1.165) is 21.7 Å².